The third kappa shape index (κ3) is 7.71. The normalized spacial score (nSPS) is 12.2. The Labute approximate surface area is 128 Å². The first-order valence-corrected chi connectivity index (χ1v) is 7.77. The second kappa shape index (κ2) is 9.40. The van der Waals surface area contributed by atoms with Crippen molar-refractivity contribution in [2.45, 2.75) is 59.2 Å². The molecule has 1 aromatic carbocycles. The maximum absolute atomic E-state index is 11.6. The molecule has 2 N–H and O–H groups in total. The molecule has 0 bridgehead atoms. The third-order valence-corrected chi connectivity index (χ3v) is 3.17. The van der Waals surface area contributed by atoms with E-state index in [9.17, 15) is 4.79 Å². The molecule has 1 rings (SSSR count). The first-order chi connectivity index (χ1) is 10.0. The highest BCUT2D eigenvalue weighted by molar-refractivity contribution is 5.76. The number of benzene rings is 1. The van der Waals surface area contributed by atoms with Crippen molar-refractivity contribution in [2.75, 3.05) is 6.54 Å². The van der Waals surface area contributed by atoms with Gasteiger partial charge in [-0.2, -0.15) is 0 Å². The van der Waals surface area contributed by atoms with Crippen LogP contribution in [0.2, 0.25) is 0 Å². The summed E-state index contributed by atoms with van der Waals surface area (Å²) in [5.41, 5.74) is 1.19. The van der Waals surface area contributed by atoms with Crippen LogP contribution in [0, 0.1) is 0 Å². The van der Waals surface area contributed by atoms with Gasteiger partial charge in [-0.05, 0) is 44.9 Å². The van der Waals surface area contributed by atoms with Gasteiger partial charge in [-0.3, -0.25) is 4.79 Å². The molecule has 1 amide bonds. The molecule has 1 atom stereocenters. The summed E-state index contributed by atoms with van der Waals surface area (Å²) < 4.78 is 5.60. The van der Waals surface area contributed by atoms with Crippen molar-refractivity contribution in [2.24, 2.45) is 0 Å². The lowest BCUT2D eigenvalue weighted by Crippen LogP contribution is -2.33. The SMILES string of the molecule is CCC(C)NC(=O)CCNCc1ccc(OC(C)C)cc1. The molecular formula is C17H28N2O2. The summed E-state index contributed by atoms with van der Waals surface area (Å²) in [6, 6.07) is 8.30. The lowest BCUT2D eigenvalue weighted by Gasteiger charge is -2.12. The van der Waals surface area contributed by atoms with Gasteiger partial charge in [0.2, 0.25) is 5.91 Å². The van der Waals surface area contributed by atoms with Crippen molar-refractivity contribution < 1.29 is 9.53 Å². The molecule has 0 fully saturated rings. The van der Waals surface area contributed by atoms with Crippen molar-refractivity contribution in [3.63, 3.8) is 0 Å². The molecule has 4 heteroatoms. The quantitative estimate of drug-likeness (QED) is 0.688. The van der Waals surface area contributed by atoms with E-state index in [4.69, 9.17) is 4.74 Å². The first-order valence-electron chi connectivity index (χ1n) is 7.77. The molecule has 1 unspecified atom stereocenters. The highest BCUT2D eigenvalue weighted by atomic mass is 16.5. The zero-order valence-corrected chi connectivity index (χ0v) is 13.6. The van der Waals surface area contributed by atoms with Gasteiger partial charge in [0.15, 0.2) is 0 Å². The van der Waals surface area contributed by atoms with E-state index in [1.54, 1.807) is 0 Å². The van der Waals surface area contributed by atoms with Crippen molar-refractivity contribution in [3.8, 4) is 5.75 Å². The highest BCUT2D eigenvalue weighted by Gasteiger charge is 2.04. The molecule has 21 heavy (non-hydrogen) atoms. The van der Waals surface area contributed by atoms with Crippen LogP contribution in [0.4, 0.5) is 0 Å². The Kier molecular flexibility index (Phi) is 7.83. The van der Waals surface area contributed by atoms with Crippen LogP contribution in [-0.2, 0) is 11.3 Å². The van der Waals surface area contributed by atoms with Crippen LogP contribution < -0.4 is 15.4 Å². The van der Waals surface area contributed by atoms with Gasteiger partial charge in [-0.1, -0.05) is 19.1 Å². The number of carbonyl (C=O) groups excluding carboxylic acids is 1. The largest absolute Gasteiger partial charge is 0.491 e. The Morgan fingerprint density at radius 3 is 2.43 bits per heavy atom. The smallest absolute Gasteiger partial charge is 0.221 e. The minimum atomic E-state index is 0.109. The van der Waals surface area contributed by atoms with Gasteiger partial charge in [0, 0.05) is 25.6 Å². The van der Waals surface area contributed by atoms with Gasteiger partial charge < -0.3 is 15.4 Å². The fraction of sp³-hybridized carbons (Fsp3) is 0.588. The number of rotatable bonds is 9. The van der Waals surface area contributed by atoms with Crippen LogP contribution in [0.3, 0.4) is 0 Å². The Balaban J connectivity index is 2.22. The molecule has 0 aliphatic carbocycles. The molecule has 4 nitrogen and oxygen atoms in total. The topological polar surface area (TPSA) is 50.4 Å². The molecular weight excluding hydrogens is 264 g/mol. The van der Waals surface area contributed by atoms with Crippen molar-refractivity contribution >= 4 is 5.91 Å². The fourth-order valence-corrected chi connectivity index (χ4v) is 1.84. The van der Waals surface area contributed by atoms with E-state index in [2.05, 4.69) is 17.6 Å². The van der Waals surface area contributed by atoms with E-state index in [1.165, 1.54) is 5.56 Å². The highest BCUT2D eigenvalue weighted by Crippen LogP contribution is 2.13. The minimum absolute atomic E-state index is 0.109. The Bertz CT molecular complexity index is 415. The molecule has 0 saturated heterocycles. The average Bonchev–Trinajstić information content (AvgIpc) is 2.44. The van der Waals surface area contributed by atoms with E-state index in [-0.39, 0.29) is 18.1 Å². The average molecular weight is 292 g/mol. The summed E-state index contributed by atoms with van der Waals surface area (Å²) in [6.07, 6.45) is 1.67. The Hall–Kier alpha value is -1.55. The Morgan fingerprint density at radius 2 is 1.86 bits per heavy atom. The first kappa shape index (κ1) is 17.5. The molecule has 0 saturated carbocycles. The number of hydrogen-bond donors (Lipinski definition) is 2. The molecule has 0 spiro atoms. The van der Waals surface area contributed by atoms with Gasteiger partial charge in [0.1, 0.15) is 5.75 Å². The summed E-state index contributed by atoms with van der Waals surface area (Å²) in [5, 5.41) is 6.24. The van der Waals surface area contributed by atoms with Crippen LogP contribution in [0.1, 0.15) is 46.1 Å². The predicted molar refractivity (Wildman–Crippen MR) is 86.4 cm³/mol. The number of nitrogens with one attached hydrogen (secondary N) is 2. The van der Waals surface area contributed by atoms with E-state index in [0.717, 1.165) is 18.7 Å². The second-order valence-corrected chi connectivity index (χ2v) is 5.61. The number of carbonyl (C=O) groups is 1. The van der Waals surface area contributed by atoms with E-state index >= 15 is 0 Å². The zero-order chi connectivity index (χ0) is 15.7. The maximum atomic E-state index is 11.6. The van der Waals surface area contributed by atoms with E-state index < -0.39 is 0 Å². The fourth-order valence-electron chi connectivity index (χ4n) is 1.84. The summed E-state index contributed by atoms with van der Waals surface area (Å²) in [7, 11) is 0. The summed E-state index contributed by atoms with van der Waals surface area (Å²) in [4.78, 5) is 11.6. The summed E-state index contributed by atoms with van der Waals surface area (Å²) >= 11 is 0. The predicted octanol–water partition coefficient (Wildman–Crippen LogP) is 2.87. The summed E-state index contributed by atoms with van der Waals surface area (Å²) in [5.74, 6) is 0.999. The lowest BCUT2D eigenvalue weighted by atomic mass is 10.2. The van der Waals surface area contributed by atoms with E-state index in [0.29, 0.717) is 13.0 Å². The molecule has 0 aliphatic rings. The monoisotopic (exact) mass is 292 g/mol. The minimum Gasteiger partial charge on any atom is -0.491 e. The number of amides is 1. The van der Waals surface area contributed by atoms with E-state index in [1.807, 2.05) is 45.0 Å². The van der Waals surface area contributed by atoms with Gasteiger partial charge in [-0.25, -0.2) is 0 Å². The van der Waals surface area contributed by atoms with Crippen LogP contribution >= 0.6 is 0 Å². The number of ether oxygens (including phenoxy) is 1. The molecule has 0 aliphatic heterocycles. The van der Waals surface area contributed by atoms with Crippen molar-refractivity contribution in [3.05, 3.63) is 29.8 Å². The van der Waals surface area contributed by atoms with Crippen molar-refractivity contribution in [1.29, 1.82) is 0 Å². The van der Waals surface area contributed by atoms with Gasteiger partial charge in [0.25, 0.3) is 0 Å². The number of hydrogen-bond acceptors (Lipinski definition) is 3. The van der Waals surface area contributed by atoms with Gasteiger partial charge in [-0.15, -0.1) is 0 Å². The summed E-state index contributed by atoms with van der Waals surface area (Å²) in [6.45, 7) is 9.56. The van der Waals surface area contributed by atoms with Gasteiger partial charge in [0.05, 0.1) is 6.10 Å². The lowest BCUT2D eigenvalue weighted by molar-refractivity contribution is -0.121. The van der Waals surface area contributed by atoms with Crippen LogP contribution in [0.25, 0.3) is 0 Å². The zero-order valence-electron chi connectivity index (χ0n) is 13.6. The Morgan fingerprint density at radius 1 is 1.19 bits per heavy atom. The van der Waals surface area contributed by atoms with Crippen molar-refractivity contribution in [1.82, 2.24) is 10.6 Å². The standard InChI is InChI=1S/C17H28N2O2/c1-5-14(4)19-17(20)10-11-18-12-15-6-8-16(9-7-15)21-13(2)3/h6-9,13-14,18H,5,10-12H2,1-4H3,(H,19,20). The second-order valence-electron chi connectivity index (χ2n) is 5.61. The van der Waals surface area contributed by atoms with Crippen LogP contribution in [0.15, 0.2) is 24.3 Å². The molecule has 0 heterocycles. The molecule has 0 aromatic heterocycles. The maximum Gasteiger partial charge on any atom is 0.221 e. The van der Waals surface area contributed by atoms with Gasteiger partial charge >= 0.3 is 0 Å². The van der Waals surface area contributed by atoms with Crippen LogP contribution in [0.5, 0.6) is 5.75 Å². The molecule has 0 radical (unpaired) electrons. The molecule has 1 aromatic rings. The van der Waals surface area contributed by atoms with Crippen LogP contribution in [-0.4, -0.2) is 24.6 Å². The molecule has 118 valence electrons. The third-order valence-electron chi connectivity index (χ3n) is 3.17.